The third-order valence-corrected chi connectivity index (χ3v) is 4.95. The number of cyclic esters (lactones) is 1. The number of amides is 2. The van der Waals surface area contributed by atoms with Gasteiger partial charge in [-0.25, -0.2) is 9.18 Å². The molecule has 3 rings (SSSR count). The van der Waals surface area contributed by atoms with Crippen LogP contribution in [-0.2, 0) is 9.53 Å². The second-order valence-corrected chi connectivity index (χ2v) is 7.11. The van der Waals surface area contributed by atoms with Gasteiger partial charge in [-0.15, -0.1) is 0 Å². The van der Waals surface area contributed by atoms with Crippen LogP contribution in [0.5, 0.6) is 5.75 Å². The van der Waals surface area contributed by atoms with Gasteiger partial charge in [-0.1, -0.05) is 0 Å². The quantitative estimate of drug-likeness (QED) is 0.717. The fourth-order valence-electron chi connectivity index (χ4n) is 3.36. The largest absolute Gasteiger partial charge is 0.489 e. The van der Waals surface area contributed by atoms with Gasteiger partial charge in [0.05, 0.1) is 18.8 Å². The van der Waals surface area contributed by atoms with Crippen LogP contribution in [0.25, 0.3) is 0 Å². The summed E-state index contributed by atoms with van der Waals surface area (Å²) >= 11 is 0. The summed E-state index contributed by atoms with van der Waals surface area (Å²) < 4.78 is 25.2. The van der Waals surface area contributed by atoms with Gasteiger partial charge in [0.25, 0.3) is 0 Å². The molecule has 0 radical (unpaired) electrons. The third-order valence-electron chi connectivity index (χ3n) is 4.95. The normalized spacial score (nSPS) is 22.8. The van der Waals surface area contributed by atoms with Crippen LogP contribution in [0.4, 0.5) is 14.9 Å². The monoisotopic (exact) mass is 394 g/mol. The summed E-state index contributed by atoms with van der Waals surface area (Å²) in [6.07, 6.45) is -1.02. The van der Waals surface area contributed by atoms with Crippen LogP contribution in [0.15, 0.2) is 18.2 Å². The molecule has 8 nitrogen and oxygen atoms in total. The Labute approximate surface area is 163 Å². The fraction of sp³-hybridized carbons (Fsp3) is 0.579. The van der Waals surface area contributed by atoms with Crippen molar-refractivity contribution in [1.82, 2.24) is 15.5 Å². The van der Waals surface area contributed by atoms with Crippen molar-refractivity contribution in [2.45, 2.75) is 26.0 Å². The van der Waals surface area contributed by atoms with E-state index in [0.29, 0.717) is 18.3 Å². The van der Waals surface area contributed by atoms with Crippen LogP contribution >= 0.6 is 0 Å². The van der Waals surface area contributed by atoms with Gasteiger partial charge in [0.2, 0.25) is 5.91 Å². The molecule has 0 spiro atoms. The summed E-state index contributed by atoms with van der Waals surface area (Å²) in [5.41, 5.74) is 0.399. The maximum absolute atomic E-state index is 14.4. The van der Waals surface area contributed by atoms with E-state index in [1.165, 1.54) is 24.0 Å². The van der Waals surface area contributed by atoms with Gasteiger partial charge in [-0.2, -0.15) is 0 Å². The lowest BCUT2D eigenvalue weighted by molar-refractivity contribution is -0.119. The summed E-state index contributed by atoms with van der Waals surface area (Å²) in [4.78, 5) is 26.7. The van der Waals surface area contributed by atoms with Crippen LogP contribution in [0, 0.1) is 5.82 Å². The van der Waals surface area contributed by atoms with E-state index in [-0.39, 0.29) is 24.7 Å². The smallest absolute Gasteiger partial charge is 0.414 e. The molecule has 1 aromatic carbocycles. The summed E-state index contributed by atoms with van der Waals surface area (Å²) in [6, 6.07) is 4.86. The van der Waals surface area contributed by atoms with Crippen molar-refractivity contribution >= 4 is 17.7 Å². The average Bonchev–Trinajstić information content (AvgIpc) is 3.03. The number of halogens is 1. The van der Waals surface area contributed by atoms with Crippen LogP contribution in [0.1, 0.15) is 13.8 Å². The number of hydrogen-bond donors (Lipinski definition) is 2. The third kappa shape index (κ3) is 5.11. The highest BCUT2D eigenvalue weighted by Crippen LogP contribution is 2.27. The second-order valence-electron chi connectivity index (χ2n) is 7.11. The first-order valence-corrected chi connectivity index (χ1v) is 9.53. The average molecular weight is 394 g/mol. The number of ether oxygens (including phenoxy) is 2. The van der Waals surface area contributed by atoms with E-state index in [1.807, 2.05) is 0 Å². The van der Waals surface area contributed by atoms with E-state index < -0.39 is 18.0 Å². The zero-order valence-corrected chi connectivity index (χ0v) is 16.2. The Morgan fingerprint density at radius 3 is 3.00 bits per heavy atom. The number of piperazine rings is 1. The predicted octanol–water partition coefficient (Wildman–Crippen LogP) is 0.959. The number of rotatable bonds is 7. The molecule has 2 aliphatic heterocycles. The van der Waals surface area contributed by atoms with E-state index in [2.05, 4.69) is 22.5 Å². The minimum absolute atomic E-state index is 0.161. The zero-order chi connectivity index (χ0) is 20.1. The van der Waals surface area contributed by atoms with Crippen molar-refractivity contribution in [3.63, 3.8) is 0 Å². The Bertz CT molecular complexity index is 717. The molecule has 0 aromatic heterocycles. The van der Waals surface area contributed by atoms with Crippen LogP contribution < -0.4 is 20.3 Å². The Kier molecular flexibility index (Phi) is 6.69. The van der Waals surface area contributed by atoms with Crippen molar-refractivity contribution in [2.24, 2.45) is 0 Å². The van der Waals surface area contributed by atoms with Gasteiger partial charge >= 0.3 is 6.09 Å². The molecular weight excluding hydrogens is 367 g/mol. The van der Waals surface area contributed by atoms with Crippen LogP contribution in [0.2, 0.25) is 0 Å². The zero-order valence-electron chi connectivity index (χ0n) is 16.2. The van der Waals surface area contributed by atoms with E-state index in [0.717, 1.165) is 26.2 Å². The molecule has 1 unspecified atom stereocenters. The molecule has 2 atom stereocenters. The molecule has 2 amide bonds. The number of carbonyl (C=O) groups excluding carboxylic acids is 2. The predicted molar refractivity (Wildman–Crippen MR) is 102 cm³/mol. The minimum atomic E-state index is -0.559. The van der Waals surface area contributed by atoms with E-state index in [9.17, 15) is 14.0 Å². The number of nitrogens with zero attached hydrogens (tertiary/aromatic N) is 2. The Hall–Kier alpha value is -2.39. The van der Waals surface area contributed by atoms with Gasteiger partial charge < -0.3 is 20.1 Å². The molecule has 2 aliphatic rings. The number of hydrogen-bond acceptors (Lipinski definition) is 6. The highest BCUT2D eigenvalue weighted by atomic mass is 19.1. The number of anilines is 1. The highest BCUT2D eigenvalue weighted by molar-refractivity contribution is 5.89. The Balaban J connectivity index is 1.53. The molecule has 2 saturated heterocycles. The van der Waals surface area contributed by atoms with E-state index >= 15 is 0 Å². The van der Waals surface area contributed by atoms with Crippen LogP contribution in [0.3, 0.4) is 0 Å². The molecule has 1 aromatic rings. The molecule has 2 fully saturated rings. The first kappa shape index (κ1) is 20.3. The molecule has 2 N–H and O–H groups in total. The van der Waals surface area contributed by atoms with Crippen molar-refractivity contribution in [1.29, 1.82) is 0 Å². The van der Waals surface area contributed by atoms with Gasteiger partial charge in [-0.05, 0) is 19.1 Å². The Morgan fingerprint density at radius 1 is 1.46 bits per heavy atom. The molecule has 9 heteroatoms. The highest BCUT2D eigenvalue weighted by Gasteiger charge is 2.32. The van der Waals surface area contributed by atoms with Gasteiger partial charge in [0.15, 0.2) is 11.6 Å². The van der Waals surface area contributed by atoms with E-state index in [4.69, 9.17) is 9.47 Å². The van der Waals surface area contributed by atoms with Gasteiger partial charge in [0, 0.05) is 45.2 Å². The second kappa shape index (κ2) is 9.20. The topological polar surface area (TPSA) is 83.1 Å². The molecule has 2 heterocycles. The molecule has 28 heavy (non-hydrogen) atoms. The lowest BCUT2D eigenvalue weighted by Crippen LogP contribution is -2.50. The summed E-state index contributed by atoms with van der Waals surface area (Å²) in [5.74, 6) is -0.560. The number of carbonyl (C=O) groups is 2. The molecule has 0 bridgehead atoms. The standard InChI is InChI=1S/C19H27FN4O4/c1-13-10-21-5-6-23(13)7-8-27-18-4-3-15(9-17(18)20)24-12-16(28-19(24)26)11-22-14(2)25/h3-4,9,13,16,21H,5-8,10-12H2,1-2H3,(H,22,25)/t13?,16-/m0/s1. The lowest BCUT2D eigenvalue weighted by Gasteiger charge is -2.33. The van der Waals surface area contributed by atoms with Crippen molar-refractivity contribution in [3.8, 4) is 5.75 Å². The minimum Gasteiger partial charge on any atom is -0.489 e. The maximum atomic E-state index is 14.4. The Morgan fingerprint density at radius 2 is 2.29 bits per heavy atom. The van der Waals surface area contributed by atoms with Gasteiger partial charge in [0.1, 0.15) is 12.7 Å². The molecular formula is C19H27FN4O4. The molecule has 0 saturated carbocycles. The molecule has 0 aliphatic carbocycles. The summed E-state index contributed by atoms with van der Waals surface area (Å²) in [7, 11) is 0. The van der Waals surface area contributed by atoms with Gasteiger partial charge in [-0.3, -0.25) is 14.6 Å². The number of benzene rings is 1. The SMILES string of the molecule is CC(=O)NC[C@H]1CN(c2ccc(OCCN3CCNCC3C)c(F)c2)C(=O)O1. The fourth-order valence-corrected chi connectivity index (χ4v) is 3.36. The van der Waals surface area contributed by atoms with Crippen LogP contribution in [-0.4, -0.2) is 74.9 Å². The lowest BCUT2D eigenvalue weighted by atomic mass is 10.2. The first-order chi connectivity index (χ1) is 13.4. The molecule has 154 valence electrons. The summed E-state index contributed by atoms with van der Waals surface area (Å²) in [5, 5.41) is 5.94. The van der Waals surface area contributed by atoms with E-state index in [1.54, 1.807) is 6.07 Å². The summed E-state index contributed by atoms with van der Waals surface area (Å²) in [6.45, 7) is 7.98. The van der Waals surface area contributed by atoms with Crippen molar-refractivity contribution in [2.75, 3.05) is 50.8 Å². The van der Waals surface area contributed by atoms with Crippen molar-refractivity contribution < 1.29 is 23.5 Å². The number of nitrogens with one attached hydrogen (secondary N) is 2. The maximum Gasteiger partial charge on any atom is 0.414 e. The van der Waals surface area contributed by atoms with Crippen molar-refractivity contribution in [3.05, 3.63) is 24.0 Å². The first-order valence-electron chi connectivity index (χ1n) is 9.53.